The lowest BCUT2D eigenvalue weighted by Gasteiger charge is -2.36. The van der Waals surface area contributed by atoms with Crippen LogP contribution in [-0.4, -0.2) is 37.3 Å². The van der Waals surface area contributed by atoms with Crippen LogP contribution in [0.25, 0.3) is 0 Å². The van der Waals surface area contributed by atoms with Crippen LogP contribution in [0.5, 0.6) is 0 Å². The minimum atomic E-state index is -4.33. The predicted molar refractivity (Wildman–Crippen MR) is 83.8 cm³/mol. The van der Waals surface area contributed by atoms with E-state index in [2.05, 4.69) is 5.32 Å². The van der Waals surface area contributed by atoms with E-state index in [1.807, 2.05) is 0 Å². The van der Waals surface area contributed by atoms with E-state index < -0.39 is 24.5 Å². The third kappa shape index (κ3) is 6.08. The second-order valence-electron chi connectivity index (χ2n) is 4.79. The van der Waals surface area contributed by atoms with E-state index in [1.54, 1.807) is 4.90 Å². The fourth-order valence-electron chi connectivity index (χ4n) is 2.42. The highest BCUT2D eigenvalue weighted by Crippen LogP contribution is 2.37. The van der Waals surface area contributed by atoms with Gasteiger partial charge in [-0.15, -0.1) is 24.8 Å². The van der Waals surface area contributed by atoms with Crippen LogP contribution >= 0.6 is 36.4 Å². The van der Waals surface area contributed by atoms with Crippen LogP contribution in [0.3, 0.4) is 0 Å². The molecule has 1 heterocycles. The molecule has 2 rings (SSSR count). The normalized spacial score (nSPS) is 17.3. The predicted octanol–water partition coefficient (Wildman–Crippen LogP) is 4.22. The molecule has 0 amide bonds. The zero-order valence-corrected chi connectivity index (χ0v) is 13.9. The Labute approximate surface area is 144 Å². The summed E-state index contributed by atoms with van der Waals surface area (Å²) in [5, 5.41) is 3.25. The number of nitrogens with one attached hydrogen (secondary N) is 1. The summed E-state index contributed by atoms with van der Waals surface area (Å²) in [6.45, 7) is 2.18. The molecule has 0 aromatic heterocycles. The molecular weight excluding hydrogens is 367 g/mol. The maximum atomic E-state index is 13.3. The highest BCUT2D eigenvalue weighted by atomic mass is 35.5. The molecule has 0 radical (unpaired) electrons. The molecule has 1 aromatic rings. The first-order valence-corrected chi connectivity index (χ1v) is 6.71. The van der Waals surface area contributed by atoms with Crippen molar-refractivity contribution in [2.45, 2.75) is 18.6 Å². The van der Waals surface area contributed by atoms with Crippen molar-refractivity contribution in [1.29, 1.82) is 0 Å². The number of benzene rings is 1. The summed E-state index contributed by atoms with van der Waals surface area (Å²) >= 11 is 5.96. The monoisotopic (exact) mass is 382 g/mol. The standard InChI is InChI=1S/C13H15ClF4N2.2ClH/c14-11-2-1-9(15)7-10(11)12(8-13(16,17)18)20-5-3-19-4-6-20;;/h1-2,7,12,19H,3-6,8H2;2*1H/t12-;;/m1../s1. The first-order chi connectivity index (χ1) is 9.37. The van der Waals surface area contributed by atoms with Crippen LogP contribution in [0.1, 0.15) is 18.0 Å². The molecule has 1 saturated heterocycles. The van der Waals surface area contributed by atoms with Crippen LogP contribution in [0, 0.1) is 5.82 Å². The summed E-state index contributed by atoms with van der Waals surface area (Å²) in [6, 6.07) is 2.60. The van der Waals surface area contributed by atoms with Gasteiger partial charge in [0.1, 0.15) is 5.82 Å². The molecule has 1 N–H and O–H groups in total. The molecule has 2 nitrogen and oxygen atoms in total. The van der Waals surface area contributed by atoms with Crippen molar-refractivity contribution in [2.75, 3.05) is 26.2 Å². The Morgan fingerprint density at radius 2 is 1.77 bits per heavy atom. The fourth-order valence-corrected chi connectivity index (χ4v) is 2.66. The lowest BCUT2D eigenvalue weighted by molar-refractivity contribution is -0.148. The van der Waals surface area contributed by atoms with Crippen molar-refractivity contribution >= 4 is 36.4 Å². The number of halogens is 7. The van der Waals surface area contributed by atoms with Crippen LogP contribution < -0.4 is 5.32 Å². The minimum absolute atomic E-state index is 0. The van der Waals surface area contributed by atoms with Crippen LogP contribution in [-0.2, 0) is 0 Å². The summed E-state index contributed by atoms with van der Waals surface area (Å²) < 4.78 is 51.7. The van der Waals surface area contributed by atoms with Gasteiger partial charge in [-0.05, 0) is 23.8 Å². The van der Waals surface area contributed by atoms with Gasteiger partial charge in [0.25, 0.3) is 0 Å². The summed E-state index contributed by atoms with van der Waals surface area (Å²) in [4.78, 5) is 1.70. The minimum Gasteiger partial charge on any atom is -0.314 e. The molecule has 0 aliphatic carbocycles. The van der Waals surface area contributed by atoms with Crippen molar-refractivity contribution in [3.05, 3.63) is 34.6 Å². The van der Waals surface area contributed by atoms with Crippen molar-refractivity contribution in [1.82, 2.24) is 10.2 Å². The number of piperazine rings is 1. The average Bonchev–Trinajstić information content (AvgIpc) is 2.39. The van der Waals surface area contributed by atoms with Gasteiger partial charge in [-0.2, -0.15) is 13.2 Å². The highest BCUT2D eigenvalue weighted by molar-refractivity contribution is 6.31. The Morgan fingerprint density at radius 1 is 1.18 bits per heavy atom. The molecule has 9 heteroatoms. The summed E-state index contributed by atoms with van der Waals surface area (Å²) in [5.74, 6) is -0.577. The smallest absolute Gasteiger partial charge is 0.314 e. The number of rotatable bonds is 3. The van der Waals surface area contributed by atoms with E-state index in [1.165, 1.54) is 6.07 Å². The maximum Gasteiger partial charge on any atom is 0.390 e. The van der Waals surface area contributed by atoms with Gasteiger partial charge in [0.2, 0.25) is 0 Å². The topological polar surface area (TPSA) is 15.3 Å². The number of alkyl halides is 3. The number of hydrogen-bond donors (Lipinski definition) is 1. The molecular formula is C13H17Cl3F4N2. The van der Waals surface area contributed by atoms with Crippen molar-refractivity contribution in [2.24, 2.45) is 0 Å². The Bertz CT molecular complexity index is 465. The molecule has 0 saturated carbocycles. The van der Waals surface area contributed by atoms with Crippen molar-refractivity contribution < 1.29 is 17.6 Å². The van der Waals surface area contributed by atoms with Gasteiger partial charge in [0, 0.05) is 37.2 Å². The molecule has 128 valence electrons. The summed E-state index contributed by atoms with van der Waals surface area (Å²) in [6.07, 6.45) is -5.36. The SMILES string of the molecule is Cl.Cl.Fc1ccc(Cl)c([C@@H](CC(F)(F)F)N2CCNCC2)c1. The van der Waals surface area contributed by atoms with E-state index in [4.69, 9.17) is 11.6 Å². The van der Waals surface area contributed by atoms with Gasteiger partial charge >= 0.3 is 6.18 Å². The first-order valence-electron chi connectivity index (χ1n) is 6.33. The van der Waals surface area contributed by atoms with Crippen LogP contribution in [0.4, 0.5) is 17.6 Å². The zero-order chi connectivity index (χ0) is 14.8. The van der Waals surface area contributed by atoms with E-state index in [0.29, 0.717) is 26.2 Å². The second kappa shape index (κ2) is 9.13. The Kier molecular flexibility index (Phi) is 9.02. The van der Waals surface area contributed by atoms with Gasteiger partial charge in [0.15, 0.2) is 0 Å². The highest BCUT2D eigenvalue weighted by Gasteiger charge is 2.36. The van der Waals surface area contributed by atoms with Crippen molar-refractivity contribution in [3.8, 4) is 0 Å². The molecule has 0 bridgehead atoms. The lowest BCUT2D eigenvalue weighted by atomic mass is 10.0. The lowest BCUT2D eigenvalue weighted by Crippen LogP contribution is -2.46. The molecule has 1 fully saturated rings. The average molecular weight is 384 g/mol. The number of hydrogen-bond acceptors (Lipinski definition) is 2. The molecule has 1 aromatic carbocycles. The molecule has 1 aliphatic heterocycles. The van der Waals surface area contributed by atoms with Crippen LogP contribution in [0.15, 0.2) is 18.2 Å². The van der Waals surface area contributed by atoms with E-state index in [0.717, 1.165) is 12.1 Å². The first kappa shape index (κ1) is 21.7. The van der Waals surface area contributed by atoms with Crippen molar-refractivity contribution in [3.63, 3.8) is 0 Å². The van der Waals surface area contributed by atoms with Crippen LogP contribution in [0.2, 0.25) is 5.02 Å². The third-order valence-corrected chi connectivity index (χ3v) is 3.68. The molecule has 1 atom stereocenters. The van der Waals surface area contributed by atoms with E-state index in [-0.39, 0.29) is 35.4 Å². The van der Waals surface area contributed by atoms with Gasteiger partial charge in [-0.3, -0.25) is 4.90 Å². The number of nitrogens with zero attached hydrogens (tertiary/aromatic N) is 1. The van der Waals surface area contributed by atoms with Gasteiger partial charge < -0.3 is 5.32 Å². The quantitative estimate of drug-likeness (QED) is 0.786. The summed E-state index contributed by atoms with van der Waals surface area (Å²) in [7, 11) is 0. The zero-order valence-electron chi connectivity index (χ0n) is 11.5. The molecule has 0 unspecified atom stereocenters. The Hall–Kier alpha value is -0.270. The van der Waals surface area contributed by atoms with Gasteiger partial charge in [-0.1, -0.05) is 11.6 Å². The second-order valence-corrected chi connectivity index (χ2v) is 5.19. The third-order valence-electron chi connectivity index (χ3n) is 3.33. The van der Waals surface area contributed by atoms with Gasteiger partial charge in [0.05, 0.1) is 6.42 Å². The molecule has 1 aliphatic rings. The van der Waals surface area contributed by atoms with Gasteiger partial charge in [-0.25, -0.2) is 4.39 Å². The van der Waals surface area contributed by atoms with E-state index in [9.17, 15) is 17.6 Å². The summed E-state index contributed by atoms with van der Waals surface area (Å²) in [5.41, 5.74) is 0.200. The maximum absolute atomic E-state index is 13.3. The Morgan fingerprint density at radius 3 is 2.32 bits per heavy atom. The molecule has 0 spiro atoms. The molecule has 22 heavy (non-hydrogen) atoms. The van der Waals surface area contributed by atoms with E-state index >= 15 is 0 Å². The Balaban J connectivity index is 0.00000220. The fraction of sp³-hybridized carbons (Fsp3) is 0.538. The largest absolute Gasteiger partial charge is 0.390 e.